The average molecular weight is 569 g/mol. The number of benzene rings is 3. The van der Waals surface area contributed by atoms with Crippen molar-refractivity contribution in [2.24, 2.45) is 5.41 Å². The van der Waals surface area contributed by atoms with Gasteiger partial charge in [-0.05, 0) is 58.1 Å². The molecule has 1 N–H and O–H groups in total. The number of rotatable bonds is 5. The van der Waals surface area contributed by atoms with E-state index in [0.29, 0.717) is 11.8 Å². The van der Waals surface area contributed by atoms with Crippen molar-refractivity contribution in [1.82, 2.24) is 5.32 Å². The van der Waals surface area contributed by atoms with E-state index in [1.165, 1.54) is 63.2 Å². The predicted octanol–water partition coefficient (Wildman–Crippen LogP) is 12.5. The molecule has 0 amide bonds. The third-order valence-corrected chi connectivity index (χ3v) is 7.63. The quantitative estimate of drug-likeness (QED) is 0.329. The number of fused-ring (bicyclic) bond motifs is 6. The summed E-state index contributed by atoms with van der Waals surface area (Å²) >= 11 is 0. The molecule has 0 fully saturated rings. The molecular weight excluding hydrogens is 508 g/mol. The molecule has 0 radical (unpaired) electrons. The van der Waals surface area contributed by atoms with E-state index in [2.05, 4.69) is 139 Å². The van der Waals surface area contributed by atoms with Gasteiger partial charge in [-0.2, -0.15) is 0 Å². The van der Waals surface area contributed by atoms with Crippen LogP contribution in [0.25, 0.3) is 16.8 Å². The normalized spacial score (nSPS) is 14.6. The van der Waals surface area contributed by atoms with E-state index in [-0.39, 0.29) is 11.6 Å². The largest absolute Gasteiger partial charge is 0.365 e. The van der Waals surface area contributed by atoms with Gasteiger partial charge in [-0.1, -0.05) is 151 Å². The zero-order chi connectivity index (χ0) is 31.6. The fourth-order valence-electron chi connectivity index (χ4n) is 5.69. The van der Waals surface area contributed by atoms with E-state index in [1.807, 2.05) is 27.7 Å². The van der Waals surface area contributed by atoms with E-state index < -0.39 is 0 Å². The second kappa shape index (κ2) is 16.0. The van der Waals surface area contributed by atoms with Crippen LogP contribution in [0.5, 0.6) is 0 Å². The first kappa shape index (κ1) is 35.2. The van der Waals surface area contributed by atoms with E-state index in [0.717, 1.165) is 6.42 Å². The fourth-order valence-corrected chi connectivity index (χ4v) is 5.69. The SMILES string of the molecule is CC.CC.CC(C)c1cccc(C(C)C)c1C1=CNC2c3ccccc3-c3cc(CC(C)(C)C)ccc3N12.CCCC. The Morgan fingerprint density at radius 3 is 1.83 bits per heavy atom. The van der Waals surface area contributed by atoms with Gasteiger partial charge in [-0.3, -0.25) is 0 Å². The number of hydrogen-bond acceptors (Lipinski definition) is 2. The fraction of sp³-hybridized carbons (Fsp3) is 0.500. The Balaban J connectivity index is 0.000000699. The van der Waals surface area contributed by atoms with Gasteiger partial charge in [-0.25, -0.2) is 0 Å². The molecule has 2 aliphatic rings. The molecule has 230 valence electrons. The Morgan fingerprint density at radius 1 is 0.738 bits per heavy atom. The van der Waals surface area contributed by atoms with Crippen LogP contribution in [0, 0.1) is 5.41 Å². The maximum Gasteiger partial charge on any atom is 0.130 e. The minimum absolute atomic E-state index is 0.118. The molecule has 0 bridgehead atoms. The molecule has 1 unspecified atom stereocenters. The van der Waals surface area contributed by atoms with Gasteiger partial charge in [0.2, 0.25) is 0 Å². The second-order valence-electron chi connectivity index (χ2n) is 12.8. The van der Waals surface area contributed by atoms with Crippen LogP contribution in [-0.4, -0.2) is 0 Å². The van der Waals surface area contributed by atoms with Crippen molar-refractivity contribution < 1.29 is 0 Å². The van der Waals surface area contributed by atoms with Crippen molar-refractivity contribution in [3.63, 3.8) is 0 Å². The molecule has 5 rings (SSSR count). The number of unbranched alkanes of at least 4 members (excludes halogenated alkanes) is 1. The van der Waals surface area contributed by atoms with Gasteiger partial charge in [0, 0.05) is 22.9 Å². The lowest BCUT2D eigenvalue weighted by atomic mass is 9.84. The lowest BCUT2D eigenvalue weighted by Crippen LogP contribution is -2.32. The number of nitrogens with one attached hydrogen (secondary N) is 1. The lowest BCUT2D eigenvalue weighted by Gasteiger charge is -2.38. The third-order valence-electron chi connectivity index (χ3n) is 7.63. The first-order valence-corrected chi connectivity index (χ1v) is 16.7. The van der Waals surface area contributed by atoms with E-state index in [9.17, 15) is 0 Å². The van der Waals surface area contributed by atoms with Crippen LogP contribution < -0.4 is 10.2 Å². The average Bonchev–Trinajstić information content (AvgIpc) is 3.43. The van der Waals surface area contributed by atoms with Crippen LogP contribution in [0.2, 0.25) is 0 Å². The molecule has 0 saturated heterocycles. The lowest BCUT2D eigenvalue weighted by molar-refractivity contribution is 0.411. The monoisotopic (exact) mass is 568 g/mol. The third kappa shape index (κ3) is 7.88. The van der Waals surface area contributed by atoms with E-state index in [1.54, 1.807) is 0 Å². The van der Waals surface area contributed by atoms with Crippen LogP contribution >= 0.6 is 0 Å². The van der Waals surface area contributed by atoms with Gasteiger partial charge in [-0.15, -0.1) is 0 Å². The minimum Gasteiger partial charge on any atom is -0.365 e. The molecule has 1 atom stereocenters. The van der Waals surface area contributed by atoms with Gasteiger partial charge >= 0.3 is 0 Å². The summed E-state index contributed by atoms with van der Waals surface area (Å²) in [6.07, 6.45) is 6.08. The highest BCUT2D eigenvalue weighted by molar-refractivity contribution is 5.95. The molecule has 0 aliphatic carbocycles. The van der Waals surface area contributed by atoms with Crippen molar-refractivity contribution in [1.29, 1.82) is 0 Å². The maximum atomic E-state index is 3.75. The molecule has 0 aromatic heterocycles. The summed E-state index contributed by atoms with van der Waals surface area (Å²) in [7, 11) is 0. The molecule has 0 spiro atoms. The summed E-state index contributed by atoms with van der Waals surface area (Å²) in [5.41, 5.74) is 12.5. The predicted molar refractivity (Wildman–Crippen MR) is 189 cm³/mol. The minimum atomic E-state index is 0.118. The molecule has 2 nitrogen and oxygen atoms in total. The van der Waals surface area contributed by atoms with Crippen molar-refractivity contribution in [2.45, 2.75) is 127 Å². The molecule has 3 aromatic carbocycles. The molecule has 2 aliphatic heterocycles. The van der Waals surface area contributed by atoms with Crippen LogP contribution in [0.1, 0.15) is 149 Å². The van der Waals surface area contributed by atoms with Gasteiger partial charge in [0.15, 0.2) is 0 Å². The second-order valence-corrected chi connectivity index (χ2v) is 12.8. The first-order chi connectivity index (χ1) is 20.1. The Bertz CT molecular complexity index is 1260. The summed E-state index contributed by atoms with van der Waals surface area (Å²) in [5, 5.41) is 3.75. The Hall–Kier alpha value is -3.00. The highest BCUT2D eigenvalue weighted by Crippen LogP contribution is 2.51. The van der Waals surface area contributed by atoms with Crippen LogP contribution in [0.15, 0.2) is 66.9 Å². The maximum absolute atomic E-state index is 3.75. The zero-order valence-corrected chi connectivity index (χ0v) is 29.2. The van der Waals surface area contributed by atoms with Crippen LogP contribution in [0.4, 0.5) is 5.69 Å². The van der Waals surface area contributed by atoms with Gasteiger partial charge in [0.05, 0.1) is 11.4 Å². The molecule has 3 aromatic rings. The summed E-state index contributed by atoms with van der Waals surface area (Å²) in [6.45, 7) is 28.5. The Labute approximate surface area is 259 Å². The van der Waals surface area contributed by atoms with Gasteiger partial charge in [0.1, 0.15) is 6.17 Å². The molecule has 2 heterocycles. The molecule has 42 heavy (non-hydrogen) atoms. The van der Waals surface area contributed by atoms with Gasteiger partial charge < -0.3 is 10.2 Å². The summed E-state index contributed by atoms with van der Waals surface area (Å²) in [6, 6.07) is 22.9. The van der Waals surface area contributed by atoms with Crippen LogP contribution in [-0.2, 0) is 6.42 Å². The van der Waals surface area contributed by atoms with Crippen molar-refractivity contribution in [2.75, 3.05) is 4.90 Å². The smallest absolute Gasteiger partial charge is 0.130 e. The summed E-state index contributed by atoms with van der Waals surface area (Å²) in [5.74, 6) is 0.915. The Kier molecular flexibility index (Phi) is 13.4. The standard InChI is InChI=1S/C32H38N2.C4H10.2C2H6/c1-20(2)23-13-10-14-24(21(3)4)30(23)29-19-33-31-26-12-9-8-11-25(26)27-17-22(18-32(5,6)7)15-16-28(27)34(29)31;1-3-4-2;2*1-2/h8-17,19-21,31,33H,18H2,1-7H3;3-4H2,1-2H3;2*1-2H3. The highest BCUT2D eigenvalue weighted by atomic mass is 15.3. The van der Waals surface area contributed by atoms with Crippen molar-refractivity contribution in [3.05, 3.63) is 94.7 Å². The number of hydrogen-bond donors (Lipinski definition) is 1. The highest BCUT2D eigenvalue weighted by Gasteiger charge is 2.38. The number of anilines is 1. The van der Waals surface area contributed by atoms with Crippen molar-refractivity contribution >= 4 is 11.4 Å². The zero-order valence-electron chi connectivity index (χ0n) is 29.2. The van der Waals surface area contributed by atoms with E-state index in [4.69, 9.17) is 0 Å². The van der Waals surface area contributed by atoms with Crippen LogP contribution in [0.3, 0.4) is 0 Å². The van der Waals surface area contributed by atoms with Crippen molar-refractivity contribution in [3.8, 4) is 11.1 Å². The first-order valence-electron chi connectivity index (χ1n) is 16.7. The Morgan fingerprint density at radius 2 is 1.31 bits per heavy atom. The molecule has 2 heteroatoms. The summed E-state index contributed by atoms with van der Waals surface area (Å²) in [4.78, 5) is 2.55. The number of nitrogens with zero attached hydrogens (tertiary/aromatic N) is 1. The topological polar surface area (TPSA) is 15.3 Å². The van der Waals surface area contributed by atoms with Gasteiger partial charge in [0.25, 0.3) is 0 Å². The molecule has 0 saturated carbocycles. The molecular formula is C40H60N2. The van der Waals surface area contributed by atoms with E-state index >= 15 is 0 Å². The summed E-state index contributed by atoms with van der Waals surface area (Å²) < 4.78 is 0.